The van der Waals surface area contributed by atoms with Crippen LogP contribution in [0.3, 0.4) is 0 Å². The molecule has 0 aliphatic carbocycles. The Morgan fingerprint density at radius 2 is 2.06 bits per heavy atom. The van der Waals surface area contributed by atoms with Crippen molar-refractivity contribution in [3.63, 3.8) is 0 Å². The summed E-state index contributed by atoms with van der Waals surface area (Å²) in [7, 11) is 2.08. The molecule has 1 aromatic rings. The van der Waals surface area contributed by atoms with Crippen LogP contribution in [0.25, 0.3) is 0 Å². The van der Waals surface area contributed by atoms with E-state index in [0.717, 1.165) is 0 Å². The second kappa shape index (κ2) is 9.12. The molecule has 0 bridgehead atoms. The lowest BCUT2D eigenvalue weighted by molar-refractivity contribution is 0.484. The maximum atomic E-state index is 3.52. The van der Waals surface area contributed by atoms with Crippen LogP contribution in [0.4, 0.5) is 0 Å². The molecule has 1 nitrogen and oxygen atoms in total. The predicted octanol–water partition coefficient (Wildman–Crippen LogP) is 5.00. The average molecular weight is 318 g/mol. The minimum atomic E-state index is 0.641. The first-order valence-electron chi connectivity index (χ1n) is 6.66. The molecule has 1 rings (SSSR count). The van der Waals surface area contributed by atoms with Gasteiger partial charge in [-0.25, -0.2) is 0 Å². The Kier molecular flexibility index (Phi) is 8.15. The molecule has 3 heteroatoms. The molecule has 0 amide bonds. The molecule has 17 heavy (non-hydrogen) atoms. The van der Waals surface area contributed by atoms with Gasteiger partial charge in [-0.2, -0.15) is 0 Å². The van der Waals surface area contributed by atoms with Gasteiger partial charge in [-0.1, -0.05) is 39.0 Å². The van der Waals surface area contributed by atoms with Crippen molar-refractivity contribution in [2.75, 3.05) is 7.05 Å². The Bertz CT molecular complexity index is 298. The zero-order valence-electron chi connectivity index (χ0n) is 11.0. The Labute approximate surface area is 118 Å². The van der Waals surface area contributed by atoms with Gasteiger partial charge in [0, 0.05) is 20.8 Å². The number of thiophene rings is 1. The van der Waals surface area contributed by atoms with Crippen molar-refractivity contribution >= 4 is 27.3 Å². The summed E-state index contributed by atoms with van der Waals surface area (Å²) < 4.78 is 1.22. The van der Waals surface area contributed by atoms with Crippen molar-refractivity contribution in [1.29, 1.82) is 0 Å². The second-order valence-corrected chi connectivity index (χ2v) is 6.54. The van der Waals surface area contributed by atoms with Crippen LogP contribution < -0.4 is 5.32 Å². The third kappa shape index (κ3) is 6.58. The molecular formula is C14H24BrNS. The average Bonchev–Trinajstić information content (AvgIpc) is 2.73. The summed E-state index contributed by atoms with van der Waals surface area (Å²) in [6.45, 7) is 2.27. The number of rotatable bonds is 9. The Morgan fingerprint density at radius 1 is 1.29 bits per heavy atom. The number of unbranched alkanes of at least 4 members (excludes halogenated alkanes) is 4. The summed E-state index contributed by atoms with van der Waals surface area (Å²) in [4.78, 5) is 1.48. The molecule has 0 aliphatic heterocycles. The van der Waals surface area contributed by atoms with Gasteiger partial charge < -0.3 is 5.32 Å². The summed E-state index contributed by atoms with van der Waals surface area (Å²) in [6.07, 6.45) is 9.34. The highest BCUT2D eigenvalue weighted by Crippen LogP contribution is 2.22. The van der Waals surface area contributed by atoms with Gasteiger partial charge in [-0.05, 0) is 41.9 Å². The third-order valence-corrected chi connectivity index (χ3v) is 4.85. The van der Waals surface area contributed by atoms with E-state index in [1.807, 2.05) is 11.3 Å². The van der Waals surface area contributed by atoms with E-state index in [1.165, 1.54) is 54.3 Å². The summed E-state index contributed by atoms with van der Waals surface area (Å²) >= 11 is 5.37. The van der Waals surface area contributed by atoms with Gasteiger partial charge in [0.05, 0.1) is 0 Å². The SMILES string of the molecule is CCCCCCCC(Cc1cc(Br)cs1)NC. The van der Waals surface area contributed by atoms with Crippen molar-refractivity contribution in [1.82, 2.24) is 5.32 Å². The predicted molar refractivity (Wildman–Crippen MR) is 81.9 cm³/mol. The standard InChI is InChI=1S/C14H24BrNS/c1-3-4-5-6-7-8-13(16-2)10-14-9-12(15)11-17-14/h9,11,13,16H,3-8,10H2,1-2H3. The van der Waals surface area contributed by atoms with E-state index in [9.17, 15) is 0 Å². The fourth-order valence-corrected chi connectivity index (χ4v) is 3.58. The number of nitrogens with one attached hydrogen (secondary N) is 1. The monoisotopic (exact) mass is 317 g/mol. The van der Waals surface area contributed by atoms with E-state index in [1.54, 1.807) is 0 Å². The fourth-order valence-electron chi connectivity index (χ4n) is 2.05. The number of hydrogen-bond donors (Lipinski definition) is 1. The van der Waals surface area contributed by atoms with Crippen molar-refractivity contribution < 1.29 is 0 Å². The van der Waals surface area contributed by atoms with Crippen LogP contribution in [0, 0.1) is 0 Å². The molecule has 1 atom stereocenters. The number of likely N-dealkylation sites (N-methyl/N-ethyl adjacent to an activating group) is 1. The first kappa shape index (κ1) is 15.2. The topological polar surface area (TPSA) is 12.0 Å². The minimum absolute atomic E-state index is 0.641. The van der Waals surface area contributed by atoms with Crippen LogP contribution in [0.15, 0.2) is 15.9 Å². The van der Waals surface area contributed by atoms with Gasteiger partial charge in [0.15, 0.2) is 0 Å². The highest BCUT2D eigenvalue weighted by Gasteiger charge is 2.08. The van der Waals surface area contributed by atoms with Crippen molar-refractivity contribution in [3.8, 4) is 0 Å². The van der Waals surface area contributed by atoms with E-state index in [2.05, 4.69) is 46.7 Å². The first-order chi connectivity index (χ1) is 8.26. The van der Waals surface area contributed by atoms with Crippen LogP contribution in [0.2, 0.25) is 0 Å². The molecule has 1 aromatic heterocycles. The quantitative estimate of drug-likeness (QED) is 0.632. The maximum absolute atomic E-state index is 3.52. The third-order valence-electron chi connectivity index (χ3n) is 3.13. The van der Waals surface area contributed by atoms with E-state index in [4.69, 9.17) is 0 Å². The lowest BCUT2D eigenvalue weighted by Gasteiger charge is -2.14. The second-order valence-electron chi connectivity index (χ2n) is 4.62. The number of halogens is 1. The van der Waals surface area contributed by atoms with Crippen LogP contribution in [-0.2, 0) is 6.42 Å². The molecule has 1 heterocycles. The Balaban J connectivity index is 2.19. The lowest BCUT2D eigenvalue weighted by Crippen LogP contribution is -2.27. The first-order valence-corrected chi connectivity index (χ1v) is 8.33. The normalized spacial score (nSPS) is 12.9. The van der Waals surface area contributed by atoms with E-state index >= 15 is 0 Å². The van der Waals surface area contributed by atoms with Crippen LogP contribution in [-0.4, -0.2) is 13.1 Å². The van der Waals surface area contributed by atoms with E-state index in [-0.39, 0.29) is 0 Å². The van der Waals surface area contributed by atoms with Crippen molar-refractivity contribution in [2.45, 2.75) is 57.9 Å². The molecular weight excluding hydrogens is 294 g/mol. The minimum Gasteiger partial charge on any atom is -0.317 e. The molecule has 1 unspecified atom stereocenters. The summed E-state index contributed by atoms with van der Waals surface area (Å²) in [5.74, 6) is 0. The molecule has 98 valence electrons. The van der Waals surface area contributed by atoms with Crippen LogP contribution in [0.5, 0.6) is 0 Å². The molecule has 0 saturated heterocycles. The largest absolute Gasteiger partial charge is 0.317 e. The number of hydrogen-bond acceptors (Lipinski definition) is 2. The molecule has 0 aliphatic rings. The zero-order chi connectivity index (χ0) is 12.5. The van der Waals surface area contributed by atoms with Gasteiger partial charge in [-0.15, -0.1) is 11.3 Å². The molecule has 0 fully saturated rings. The highest BCUT2D eigenvalue weighted by molar-refractivity contribution is 9.10. The van der Waals surface area contributed by atoms with E-state index < -0.39 is 0 Å². The highest BCUT2D eigenvalue weighted by atomic mass is 79.9. The van der Waals surface area contributed by atoms with Gasteiger partial charge in [-0.3, -0.25) is 0 Å². The summed E-state index contributed by atoms with van der Waals surface area (Å²) in [6, 6.07) is 2.88. The Hall–Kier alpha value is 0.140. The summed E-state index contributed by atoms with van der Waals surface area (Å²) in [5.41, 5.74) is 0. The van der Waals surface area contributed by atoms with Crippen molar-refractivity contribution in [2.24, 2.45) is 0 Å². The van der Waals surface area contributed by atoms with Gasteiger partial charge >= 0.3 is 0 Å². The molecule has 0 radical (unpaired) electrons. The van der Waals surface area contributed by atoms with Gasteiger partial charge in [0.25, 0.3) is 0 Å². The molecule has 0 saturated carbocycles. The van der Waals surface area contributed by atoms with E-state index in [0.29, 0.717) is 6.04 Å². The molecule has 1 N–H and O–H groups in total. The lowest BCUT2D eigenvalue weighted by atomic mass is 10.0. The summed E-state index contributed by atoms with van der Waals surface area (Å²) in [5, 5.41) is 5.61. The van der Waals surface area contributed by atoms with Gasteiger partial charge in [0.2, 0.25) is 0 Å². The van der Waals surface area contributed by atoms with Crippen LogP contribution >= 0.6 is 27.3 Å². The molecule has 0 spiro atoms. The van der Waals surface area contributed by atoms with Crippen molar-refractivity contribution in [3.05, 3.63) is 20.8 Å². The van der Waals surface area contributed by atoms with Crippen LogP contribution in [0.1, 0.15) is 50.3 Å². The molecule has 0 aromatic carbocycles. The fraction of sp³-hybridized carbons (Fsp3) is 0.714. The Morgan fingerprint density at radius 3 is 2.65 bits per heavy atom. The van der Waals surface area contributed by atoms with Gasteiger partial charge in [0.1, 0.15) is 0 Å². The zero-order valence-corrected chi connectivity index (χ0v) is 13.4. The maximum Gasteiger partial charge on any atom is 0.0285 e. The smallest absolute Gasteiger partial charge is 0.0285 e.